The molecule has 0 aliphatic rings. The maximum absolute atomic E-state index is 10.9. The van der Waals surface area contributed by atoms with Gasteiger partial charge in [-0.2, -0.15) is 5.10 Å². The minimum absolute atomic E-state index is 0.0415. The Morgan fingerprint density at radius 2 is 2.10 bits per heavy atom. The van der Waals surface area contributed by atoms with Crippen molar-refractivity contribution in [2.24, 2.45) is 5.10 Å². The highest BCUT2D eigenvalue weighted by Crippen LogP contribution is 2.27. The van der Waals surface area contributed by atoms with Crippen molar-refractivity contribution in [3.63, 3.8) is 0 Å². The number of ether oxygens (including phenoxy) is 1. The molecule has 0 saturated carbocycles. The minimum atomic E-state index is -0.416. The third kappa shape index (κ3) is 6.11. The number of nitro benzene ring substituents is 1. The van der Waals surface area contributed by atoms with Crippen molar-refractivity contribution in [3.05, 3.63) is 69.6 Å². The topological polar surface area (TPSA) is 89.7 Å². The van der Waals surface area contributed by atoms with Crippen LogP contribution in [-0.4, -0.2) is 22.7 Å². The van der Waals surface area contributed by atoms with Crippen LogP contribution < -0.4 is 10.2 Å². The van der Waals surface area contributed by atoms with Gasteiger partial charge >= 0.3 is 0 Å². The SMILES string of the molecule is CCCCCOc1cccc(/C=N/Nc2nc(-c3cccc([N+](=O)[O-])c3)cs2)c1. The van der Waals surface area contributed by atoms with Crippen molar-refractivity contribution in [3.8, 4) is 17.0 Å². The average molecular weight is 410 g/mol. The van der Waals surface area contributed by atoms with E-state index in [0.29, 0.717) is 23.0 Å². The number of unbranched alkanes of at least 4 members (excludes halogenated alkanes) is 2. The number of anilines is 1. The molecular formula is C21H22N4O3S. The van der Waals surface area contributed by atoms with Crippen LogP contribution in [0.2, 0.25) is 0 Å². The summed E-state index contributed by atoms with van der Waals surface area (Å²) >= 11 is 1.38. The average Bonchev–Trinajstić information content (AvgIpc) is 3.21. The molecule has 0 saturated heterocycles. The van der Waals surface area contributed by atoms with Gasteiger partial charge in [0.15, 0.2) is 0 Å². The number of nitrogens with one attached hydrogen (secondary N) is 1. The largest absolute Gasteiger partial charge is 0.494 e. The molecule has 0 radical (unpaired) electrons. The van der Waals surface area contributed by atoms with Gasteiger partial charge in [-0.05, 0) is 24.1 Å². The highest BCUT2D eigenvalue weighted by atomic mass is 32.1. The third-order valence-corrected chi connectivity index (χ3v) is 4.85. The summed E-state index contributed by atoms with van der Waals surface area (Å²) in [6, 6.07) is 14.2. The predicted octanol–water partition coefficient (Wildman–Crippen LogP) is 5.73. The molecule has 0 aliphatic carbocycles. The Kier molecular flexibility index (Phi) is 7.29. The molecule has 8 heteroatoms. The number of rotatable bonds is 10. The second-order valence-electron chi connectivity index (χ2n) is 6.34. The van der Waals surface area contributed by atoms with Gasteiger partial charge in [0.05, 0.1) is 23.4 Å². The first-order valence-electron chi connectivity index (χ1n) is 9.38. The fraction of sp³-hybridized carbons (Fsp3) is 0.238. The van der Waals surface area contributed by atoms with Crippen LogP contribution in [0.1, 0.15) is 31.7 Å². The molecule has 1 heterocycles. The van der Waals surface area contributed by atoms with Crippen LogP contribution in [0, 0.1) is 10.1 Å². The molecule has 0 bridgehead atoms. The van der Waals surface area contributed by atoms with Gasteiger partial charge in [0.1, 0.15) is 5.75 Å². The summed E-state index contributed by atoms with van der Waals surface area (Å²) in [5.41, 5.74) is 5.22. The maximum atomic E-state index is 10.9. The molecule has 1 N–H and O–H groups in total. The molecule has 7 nitrogen and oxygen atoms in total. The third-order valence-electron chi connectivity index (χ3n) is 4.11. The summed E-state index contributed by atoms with van der Waals surface area (Å²) < 4.78 is 5.75. The van der Waals surface area contributed by atoms with Gasteiger partial charge in [0.2, 0.25) is 5.13 Å². The van der Waals surface area contributed by atoms with Gasteiger partial charge < -0.3 is 4.74 Å². The van der Waals surface area contributed by atoms with Crippen LogP contribution in [0.4, 0.5) is 10.8 Å². The number of hydrogen-bond donors (Lipinski definition) is 1. The smallest absolute Gasteiger partial charge is 0.270 e. The standard InChI is InChI=1S/C21H22N4O3S/c1-2-3-4-11-28-19-10-5-7-16(12-19)14-22-24-21-23-20(15-29-21)17-8-6-9-18(13-17)25(26)27/h5-10,12-15H,2-4,11H2,1H3,(H,23,24)/b22-14+. The van der Waals surface area contributed by atoms with Crippen molar-refractivity contribution in [2.75, 3.05) is 12.0 Å². The molecule has 0 spiro atoms. The lowest BCUT2D eigenvalue weighted by Crippen LogP contribution is -1.97. The number of hydrogen-bond acceptors (Lipinski definition) is 7. The van der Waals surface area contributed by atoms with Gasteiger partial charge in [-0.3, -0.25) is 15.5 Å². The second-order valence-corrected chi connectivity index (χ2v) is 7.20. The normalized spacial score (nSPS) is 10.9. The zero-order valence-electron chi connectivity index (χ0n) is 16.1. The summed E-state index contributed by atoms with van der Waals surface area (Å²) in [6.07, 6.45) is 5.08. The Labute approximate surface area is 173 Å². The van der Waals surface area contributed by atoms with E-state index in [0.717, 1.165) is 24.2 Å². The molecule has 3 aromatic rings. The monoisotopic (exact) mass is 410 g/mol. The van der Waals surface area contributed by atoms with Crippen molar-refractivity contribution in [1.29, 1.82) is 0 Å². The summed E-state index contributed by atoms with van der Waals surface area (Å²) in [5.74, 6) is 0.826. The van der Waals surface area contributed by atoms with Gasteiger partial charge in [-0.15, -0.1) is 11.3 Å². The van der Waals surface area contributed by atoms with Crippen molar-refractivity contribution < 1.29 is 9.66 Å². The number of benzene rings is 2. The lowest BCUT2D eigenvalue weighted by Gasteiger charge is -2.06. The Morgan fingerprint density at radius 1 is 1.24 bits per heavy atom. The summed E-state index contributed by atoms with van der Waals surface area (Å²) in [4.78, 5) is 14.9. The van der Waals surface area contributed by atoms with E-state index in [4.69, 9.17) is 4.74 Å². The highest BCUT2D eigenvalue weighted by Gasteiger charge is 2.09. The number of thiazole rings is 1. The summed E-state index contributed by atoms with van der Waals surface area (Å²) in [7, 11) is 0. The molecule has 3 rings (SSSR count). The summed E-state index contributed by atoms with van der Waals surface area (Å²) in [6.45, 7) is 2.88. The Balaban J connectivity index is 1.59. The van der Waals surface area contributed by atoms with E-state index < -0.39 is 4.92 Å². The van der Waals surface area contributed by atoms with Crippen molar-refractivity contribution >= 4 is 28.4 Å². The number of non-ortho nitro benzene ring substituents is 1. The number of hydrazone groups is 1. The number of aromatic nitrogens is 1. The Morgan fingerprint density at radius 3 is 2.93 bits per heavy atom. The van der Waals surface area contributed by atoms with E-state index in [2.05, 4.69) is 22.4 Å². The van der Waals surface area contributed by atoms with Crippen LogP contribution in [0.25, 0.3) is 11.3 Å². The first-order valence-corrected chi connectivity index (χ1v) is 10.3. The Bertz CT molecular complexity index is 987. The fourth-order valence-corrected chi connectivity index (χ4v) is 3.29. The quantitative estimate of drug-likeness (QED) is 0.199. The molecule has 0 unspecified atom stereocenters. The molecule has 0 fully saturated rings. The van der Waals surface area contributed by atoms with Gasteiger partial charge in [0, 0.05) is 23.1 Å². The Hall–Kier alpha value is -3.26. The number of nitro groups is 1. The van der Waals surface area contributed by atoms with E-state index in [1.165, 1.54) is 29.9 Å². The highest BCUT2D eigenvalue weighted by molar-refractivity contribution is 7.14. The zero-order chi connectivity index (χ0) is 20.5. The molecular weight excluding hydrogens is 388 g/mol. The van der Waals surface area contributed by atoms with Gasteiger partial charge in [0.25, 0.3) is 5.69 Å². The molecule has 150 valence electrons. The van der Waals surface area contributed by atoms with Crippen LogP contribution in [0.5, 0.6) is 5.75 Å². The second kappa shape index (κ2) is 10.3. The van der Waals surface area contributed by atoms with E-state index in [-0.39, 0.29) is 5.69 Å². The minimum Gasteiger partial charge on any atom is -0.494 e. The van der Waals surface area contributed by atoms with E-state index in [9.17, 15) is 10.1 Å². The lowest BCUT2D eigenvalue weighted by molar-refractivity contribution is -0.384. The lowest BCUT2D eigenvalue weighted by atomic mass is 10.1. The van der Waals surface area contributed by atoms with Crippen LogP contribution in [0.3, 0.4) is 0 Å². The van der Waals surface area contributed by atoms with Gasteiger partial charge in [-0.25, -0.2) is 4.98 Å². The van der Waals surface area contributed by atoms with Crippen LogP contribution in [-0.2, 0) is 0 Å². The predicted molar refractivity (Wildman–Crippen MR) is 117 cm³/mol. The molecule has 2 aromatic carbocycles. The molecule has 29 heavy (non-hydrogen) atoms. The zero-order valence-corrected chi connectivity index (χ0v) is 16.9. The first kappa shape index (κ1) is 20.5. The van der Waals surface area contributed by atoms with E-state index >= 15 is 0 Å². The fourth-order valence-electron chi connectivity index (χ4n) is 2.63. The summed E-state index contributed by atoms with van der Waals surface area (Å²) in [5, 5.41) is 17.6. The van der Waals surface area contributed by atoms with Gasteiger partial charge in [-0.1, -0.05) is 44.0 Å². The maximum Gasteiger partial charge on any atom is 0.270 e. The molecule has 0 amide bonds. The van der Waals surface area contributed by atoms with Crippen LogP contribution >= 0.6 is 11.3 Å². The first-order chi connectivity index (χ1) is 14.2. The number of nitrogens with zero attached hydrogens (tertiary/aromatic N) is 3. The van der Waals surface area contributed by atoms with Crippen molar-refractivity contribution in [2.45, 2.75) is 26.2 Å². The van der Waals surface area contributed by atoms with E-state index in [1.807, 2.05) is 29.6 Å². The molecule has 1 aromatic heterocycles. The molecule has 0 atom stereocenters. The molecule has 0 aliphatic heterocycles. The van der Waals surface area contributed by atoms with E-state index in [1.54, 1.807) is 18.3 Å². The van der Waals surface area contributed by atoms with Crippen LogP contribution in [0.15, 0.2) is 59.0 Å². The van der Waals surface area contributed by atoms with Crippen molar-refractivity contribution in [1.82, 2.24) is 4.98 Å².